The molecule has 0 saturated carbocycles. The van der Waals surface area contributed by atoms with Gasteiger partial charge in [-0.3, -0.25) is 19.1 Å². The minimum Gasteiger partial charge on any atom is -0.356 e. The standard InChI is InChI=1S/C11H13N5O3/c1-12-7(17)5-4-6-13-9-8(15(6)2)10(18)16(3)11(19)14-9/h4-5H,1-3H3,(H,12,17)(H,14,19)/b5-4+. The van der Waals surface area contributed by atoms with Crippen LogP contribution < -0.4 is 16.6 Å². The quantitative estimate of drug-likeness (QED) is 0.659. The highest BCUT2D eigenvalue weighted by molar-refractivity contribution is 5.91. The molecular weight excluding hydrogens is 250 g/mol. The lowest BCUT2D eigenvalue weighted by Crippen LogP contribution is -2.33. The molecule has 8 nitrogen and oxygen atoms in total. The number of aromatic amines is 1. The number of fused-ring (bicyclic) bond motifs is 1. The maximum Gasteiger partial charge on any atom is 0.329 e. The third-order valence-electron chi connectivity index (χ3n) is 2.80. The van der Waals surface area contributed by atoms with Gasteiger partial charge in [-0.25, -0.2) is 9.78 Å². The van der Waals surface area contributed by atoms with Gasteiger partial charge in [0.05, 0.1) is 0 Å². The lowest BCUT2D eigenvalue weighted by molar-refractivity contribution is -0.115. The summed E-state index contributed by atoms with van der Waals surface area (Å²) in [5.41, 5.74) is -0.489. The van der Waals surface area contributed by atoms with Crippen LogP contribution in [0.25, 0.3) is 17.2 Å². The number of carbonyl (C=O) groups excluding carboxylic acids is 1. The molecule has 0 saturated heterocycles. The van der Waals surface area contributed by atoms with Crippen molar-refractivity contribution in [3.05, 3.63) is 32.7 Å². The molecule has 0 aliphatic rings. The monoisotopic (exact) mass is 263 g/mol. The fourth-order valence-electron chi connectivity index (χ4n) is 1.67. The van der Waals surface area contributed by atoms with Gasteiger partial charge in [-0.1, -0.05) is 0 Å². The number of likely N-dealkylation sites (N-methyl/N-ethyl adjacent to an activating group) is 1. The molecule has 0 fully saturated rings. The molecule has 0 unspecified atom stereocenters. The Hall–Kier alpha value is -2.64. The molecule has 8 heteroatoms. The fraction of sp³-hybridized carbons (Fsp3) is 0.273. The first-order chi connectivity index (χ1) is 8.95. The van der Waals surface area contributed by atoms with Gasteiger partial charge in [-0.05, 0) is 6.08 Å². The van der Waals surface area contributed by atoms with Gasteiger partial charge in [0.1, 0.15) is 5.82 Å². The summed E-state index contributed by atoms with van der Waals surface area (Å²) in [6.45, 7) is 0. The largest absolute Gasteiger partial charge is 0.356 e. The number of H-pyrrole nitrogens is 1. The van der Waals surface area contributed by atoms with Crippen LogP contribution in [0.3, 0.4) is 0 Å². The van der Waals surface area contributed by atoms with Crippen LogP contribution >= 0.6 is 0 Å². The van der Waals surface area contributed by atoms with E-state index >= 15 is 0 Å². The van der Waals surface area contributed by atoms with E-state index in [9.17, 15) is 14.4 Å². The molecule has 2 aromatic rings. The smallest absolute Gasteiger partial charge is 0.329 e. The number of aromatic nitrogens is 4. The van der Waals surface area contributed by atoms with E-state index in [4.69, 9.17) is 0 Å². The average molecular weight is 263 g/mol. The molecule has 2 rings (SSSR count). The molecule has 0 aliphatic heterocycles. The van der Waals surface area contributed by atoms with E-state index in [0.29, 0.717) is 5.82 Å². The normalized spacial score (nSPS) is 11.3. The first-order valence-corrected chi connectivity index (χ1v) is 5.51. The van der Waals surface area contributed by atoms with Crippen LogP contribution in [0.4, 0.5) is 0 Å². The maximum atomic E-state index is 12.0. The molecule has 2 heterocycles. The summed E-state index contributed by atoms with van der Waals surface area (Å²) in [6, 6.07) is 0. The molecular formula is C11H13N5O3. The third kappa shape index (κ3) is 2.07. The zero-order chi connectivity index (χ0) is 14.2. The molecule has 2 N–H and O–H groups in total. The third-order valence-corrected chi connectivity index (χ3v) is 2.80. The molecule has 0 aromatic carbocycles. The average Bonchev–Trinajstić information content (AvgIpc) is 2.69. The van der Waals surface area contributed by atoms with E-state index in [2.05, 4.69) is 15.3 Å². The zero-order valence-electron chi connectivity index (χ0n) is 10.7. The first-order valence-electron chi connectivity index (χ1n) is 5.51. The second kappa shape index (κ2) is 4.56. The van der Waals surface area contributed by atoms with Gasteiger partial charge in [-0.15, -0.1) is 0 Å². The minimum atomic E-state index is -0.530. The van der Waals surface area contributed by atoms with E-state index in [1.807, 2.05) is 0 Å². The second-order valence-electron chi connectivity index (χ2n) is 3.97. The van der Waals surface area contributed by atoms with Crippen molar-refractivity contribution < 1.29 is 4.79 Å². The Morgan fingerprint density at radius 2 is 2.00 bits per heavy atom. The van der Waals surface area contributed by atoms with Crippen molar-refractivity contribution in [2.24, 2.45) is 14.1 Å². The van der Waals surface area contributed by atoms with E-state index in [-0.39, 0.29) is 17.1 Å². The van der Waals surface area contributed by atoms with E-state index in [1.165, 1.54) is 30.8 Å². The Morgan fingerprint density at radius 3 is 2.63 bits per heavy atom. The van der Waals surface area contributed by atoms with Crippen LogP contribution in [0, 0.1) is 0 Å². The summed E-state index contributed by atoms with van der Waals surface area (Å²) >= 11 is 0. The number of amides is 1. The van der Waals surface area contributed by atoms with Gasteiger partial charge in [0.15, 0.2) is 11.2 Å². The predicted molar refractivity (Wildman–Crippen MR) is 69.7 cm³/mol. The molecule has 0 aliphatic carbocycles. The second-order valence-corrected chi connectivity index (χ2v) is 3.97. The van der Waals surface area contributed by atoms with Crippen molar-refractivity contribution in [3.63, 3.8) is 0 Å². The SMILES string of the molecule is CNC(=O)/C=C/c1nc2[nH]c(=O)n(C)c(=O)c2n1C. The minimum absolute atomic E-state index is 0.201. The van der Waals surface area contributed by atoms with Crippen molar-refractivity contribution in [3.8, 4) is 0 Å². The number of hydrogen-bond acceptors (Lipinski definition) is 4. The van der Waals surface area contributed by atoms with Crippen molar-refractivity contribution >= 4 is 23.1 Å². The van der Waals surface area contributed by atoms with Crippen LogP contribution in [0.15, 0.2) is 15.7 Å². The summed E-state index contributed by atoms with van der Waals surface area (Å²) in [5.74, 6) is 0.117. The molecule has 0 bridgehead atoms. The van der Waals surface area contributed by atoms with Crippen LogP contribution in [-0.2, 0) is 18.9 Å². The van der Waals surface area contributed by atoms with E-state index in [1.54, 1.807) is 7.05 Å². The number of nitrogens with zero attached hydrogens (tertiary/aromatic N) is 3. The molecule has 0 atom stereocenters. The number of aryl methyl sites for hydroxylation is 1. The van der Waals surface area contributed by atoms with Crippen molar-refractivity contribution in [1.29, 1.82) is 0 Å². The number of rotatable bonds is 2. The van der Waals surface area contributed by atoms with Crippen molar-refractivity contribution in [2.75, 3.05) is 7.05 Å². The lowest BCUT2D eigenvalue weighted by Gasteiger charge is -1.98. The fourth-order valence-corrected chi connectivity index (χ4v) is 1.67. The molecule has 2 aromatic heterocycles. The molecule has 1 amide bonds. The Bertz CT molecular complexity index is 793. The molecule has 100 valence electrons. The van der Waals surface area contributed by atoms with Gasteiger partial charge in [-0.2, -0.15) is 0 Å². The zero-order valence-corrected chi connectivity index (χ0v) is 10.7. The summed E-state index contributed by atoms with van der Waals surface area (Å²) in [6.07, 6.45) is 2.76. The van der Waals surface area contributed by atoms with E-state index in [0.717, 1.165) is 4.57 Å². The highest BCUT2D eigenvalue weighted by atomic mass is 16.2. The molecule has 19 heavy (non-hydrogen) atoms. The Morgan fingerprint density at radius 1 is 1.32 bits per heavy atom. The van der Waals surface area contributed by atoms with Crippen LogP contribution in [0.1, 0.15) is 5.82 Å². The lowest BCUT2D eigenvalue weighted by atomic mass is 10.4. The highest BCUT2D eigenvalue weighted by Crippen LogP contribution is 2.08. The Balaban J connectivity index is 2.68. The summed E-state index contributed by atoms with van der Waals surface area (Å²) in [5, 5.41) is 2.43. The van der Waals surface area contributed by atoms with Crippen molar-refractivity contribution in [1.82, 2.24) is 24.4 Å². The van der Waals surface area contributed by atoms with Crippen LogP contribution in [0.5, 0.6) is 0 Å². The van der Waals surface area contributed by atoms with Crippen LogP contribution in [0.2, 0.25) is 0 Å². The van der Waals surface area contributed by atoms with Gasteiger partial charge in [0.25, 0.3) is 5.56 Å². The molecule has 0 spiro atoms. The van der Waals surface area contributed by atoms with Gasteiger partial charge in [0, 0.05) is 27.2 Å². The number of imidazole rings is 1. The van der Waals surface area contributed by atoms with Crippen molar-refractivity contribution in [2.45, 2.75) is 0 Å². The number of hydrogen-bond donors (Lipinski definition) is 2. The Labute approximate surface area is 107 Å². The maximum absolute atomic E-state index is 12.0. The summed E-state index contributed by atoms with van der Waals surface area (Å²) in [4.78, 5) is 41.2. The highest BCUT2D eigenvalue weighted by Gasteiger charge is 2.12. The van der Waals surface area contributed by atoms with Gasteiger partial charge >= 0.3 is 5.69 Å². The van der Waals surface area contributed by atoms with Crippen LogP contribution in [-0.4, -0.2) is 32.1 Å². The Kier molecular flexibility index (Phi) is 3.07. The summed E-state index contributed by atoms with van der Waals surface area (Å²) < 4.78 is 2.49. The van der Waals surface area contributed by atoms with E-state index < -0.39 is 11.2 Å². The predicted octanol–water partition coefficient (Wildman–Crippen LogP) is -1.28. The number of nitrogens with one attached hydrogen (secondary N) is 2. The summed E-state index contributed by atoms with van der Waals surface area (Å²) in [7, 11) is 4.53. The topological polar surface area (TPSA) is 102 Å². The number of carbonyl (C=O) groups is 1. The molecule has 0 radical (unpaired) electrons. The van der Waals surface area contributed by atoms with Gasteiger partial charge < -0.3 is 9.88 Å². The first kappa shape index (κ1) is 12.8. The van der Waals surface area contributed by atoms with Gasteiger partial charge in [0.2, 0.25) is 5.91 Å².